The fraction of sp³-hybridized carbons (Fsp3) is 0.533. The van der Waals surface area contributed by atoms with E-state index >= 15 is 0 Å². The molecule has 2 rings (SSSR count). The second-order valence-corrected chi connectivity index (χ2v) is 5.17. The molecule has 1 amide bonds. The topological polar surface area (TPSA) is 62.8 Å². The summed E-state index contributed by atoms with van der Waals surface area (Å²) in [7, 11) is 3.17. The van der Waals surface area contributed by atoms with Crippen LogP contribution in [0.15, 0.2) is 18.2 Å². The first kappa shape index (κ1) is 15.6. The lowest BCUT2D eigenvalue weighted by molar-refractivity contribution is -0.118. The third-order valence-electron chi connectivity index (χ3n) is 3.62. The van der Waals surface area contributed by atoms with Crippen molar-refractivity contribution in [2.45, 2.75) is 13.0 Å². The quantitative estimate of drug-likeness (QED) is 0.846. The zero-order valence-electron chi connectivity index (χ0n) is 12.8. The Kier molecular flexibility index (Phi) is 5.41. The molecule has 1 aliphatic rings. The van der Waals surface area contributed by atoms with Gasteiger partial charge in [-0.05, 0) is 6.92 Å². The predicted octanol–water partition coefficient (Wildman–Crippen LogP) is 0.936. The van der Waals surface area contributed by atoms with Crippen LogP contribution in [0.4, 0.5) is 5.69 Å². The van der Waals surface area contributed by atoms with Crippen LogP contribution in [0.3, 0.4) is 0 Å². The van der Waals surface area contributed by atoms with E-state index in [0.29, 0.717) is 29.8 Å². The van der Waals surface area contributed by atoms with Crippen LogP contribution in [0.25, 0.3) is 0 Å². The van der Waals surface area contributed by atoms with Crippen molar-refractivity contribution in [3.05, 3.63) is 18.2 Å². The zero-order chi connectivity index (χ0) is 15.2. The first-order valence-corrected chi connectivity index (χ1v) is 7.10. The van der Waals surface area contributed by atoms with Crippen LogP contribution in [-0.4, -0.2) is 57.2 Å². The lowest BCUT2D eigenvalue weighted by Gasteiger charge is -2.33. The molecule has 116 valence electrons. The molecule has 1 heterocycles. The first-order chi connectivity index (χ1) is 10.1. The van der Waals surface area contributed by atoms with Crippen molar-refractivity contribution >= 4 is 11.6 Å². The average molecular weight is 293 g/mol. The van der Waals surface area contributed by atoms with Crippen LogP contribution in [0.2, 0.25) is 0 Å². The van der Waals surface area contributed by atoms with Gasteiger partial charge in [-0.2, -0.15) is 0 Å². The Morgan fingerprint density at radius 2 is 2.00 bits per heavy atom. The molecule has 1 atom stereocenters. The van der Waals surface area contributed by atoms with Crippen molar-refractivity contribution in [3.8, 4) is 11.5 Å². The highest BCUT2D eigenvalue weighted by Crippen LogP contribution is 2.25. The van der Waals surface area contributed by atoms with Crippen LogP contribution >= 0.6 is 0 Å². The minimum atomic E-state index is -0.0287. The van der Waals surface area contributed by atoms with E-state index in [9.17, 15) is 4.79 Å². The van der Waals surface area contributed by atoms with Crippen molar-refractivity contribution in [1.29, 1.82) is 0 Å². The average Bonchev–Trinajstić information content (AvgIpc) is 2.49. The van der Waals surface area contributed by atoms with Gasteiger partial charge < -0.3 is 20.1 Å². The number of carbonyl (C=O) groups is 1. The summed E-state index contributed by atoms with van der Waals surface area (Å²) in [6.45, 7) is 5.23. The van der Waals surface area contributed by atoms with E-state index in [2.05, 4.69) is 22.5 Å². The molecule has 0 bridgehead atoms. The Bertz CT molecular complexity index is 471. The number of rotatable bonds is 5. The molecule has 21 heavy (non-hydrogen) atoms. The van der Waals surface area contributed by atoms with Gasteiger partial charge in [0.25, 0.3) is 0 Å². The van der Waals surface area contributed by atoms with Gasteiger partial charge in [-0.25, -0.2) is 0 Å². The molecule has 0 aliphatic carbocycles. The Morgan fingerprint density at radius 3 is 2.57 bits per heavy atom. The number of nitrogens with one attached hydrogen (secondary N) is 2. The van der Waals surface area contributed by atoms with Crippen molar-refractivity contribution in [1.82, 2.24) is 10.2 Å². The molecule has 1 fully saturated rings. The molecule has 0 radical (unpaired) electrons. The number of hydrogen-bond donors (Lipinski definition) is 2. The summed E-state index contributed by atoms with van der Waals surface area (Å²) in [4.78, 5) is 14.3. The lowest BCUT2D eigenvalue weighted by atomic mass is 10.2. The van der Waals surface area contributed by atoms with E-state index in [4.69, 9.17) is 9.47 Å². The Morgan fingerprint density at radius 1 is 1.33 bits per heavy atom. The monoisotopic (exact) mass is 293 g/mol. The maximum atomic E-state index is 12.2. The molecular formula is C15H23N3O3. The Hall–Kier alpha value is -1.79. The second-order valence-electron chi connectivity index (χ2n) is 5.17. The molecule has 1 aliphatic heterocycles. The fourth-order valence-electron chi connectivity index (χ4n) is 2.38. The first-order valence-electron chi connectivity index (χ1n) is 7.10. The fourth-order valence-corrected chi connectivity index (χ4v) is 2.38. The van der Waals surface area contributed by atoms with Crippen LogP contribution < -0.4 is 20.1 Å². The largest absolute Gasteiger partial charge is 0.497 e. The van der Waals surface area contributed by atoms with Crippen LogP contribution in [-0.2, 0) is 4.79 Å². The van der Waals surface area contributed by atoms with Crippen LogP contribution in [0.5, 0.6) is 11.5 Å². The molecular weight excluding hydrogens is 270 g/mol. The number of carbonyl (C=O) groups excluding carboxylic acids is 1. The van der Waals surface area contributed by atoms with E-state index < -0.39 is 0 Å². The number of benzene rings is 1. The lowest BCUT2D eigenvalue weighted by Crippen LogP contribution is -2.51. The summed E-state index contributed by atoms with van der Waals surface area (Å²) < 4.78 is 10.4. The Labute approximate surface area is 125 Å². The van der Waals surface area contributed by atoms with E-state index in [1.165, 1.54) is 0 Å². The normalized spacial score (nSPS) is 19.1. The highest BCUT2D eigenvalue weighted by atomic mass is 16.5. The SMILES string of the molecule is COc1cc(NC(=O)CN2CCNC[C@@H]2C)cc(OC)c1. The van der Waals surface area contributed by atoms with E-state index in [0.717, 1.165) is 19.6 Å². The summed E-state index contributed by atoms with van der Waals surface area (Å²) in [6, 6.07) is 5.70. The van der Waals surface area contributed by atoms with Gasteiger partial charge in [0.15, 0.2) is 0 Å². The zero-order valence-corrected chi connectivity index (χ0v) is 12.8. The molecule has 0 aromatic heterocycles. The molecule has 1 aromatic carbocycles. The van der Waals surface area contributed by atoms with E-state index in [-0.39, 0.29) is 5.91 Å². The predicted molar refractivity (Wildman–Crippen MR) is 82.1 cm³/mol. The van der Waals surface area contributed by atoms with Gasteiger partial charge in [0, 0.05) is 49.6 Å². The van der Waals surface area contributed by atoms with Gasteiger partial charge in [-0.3, -0.25) is 9.69 Å². The molecule has 0 spiro atoms. The van der Waals surface area contributed by atoms with E-state index in [1.54, 1.807) is 32.4 Å². The van der Waals surface area contributed by atoms with Crippen LogP contribution in [0.1, 0.15) is 6.92 Å². The third-order valence-corrected chi connectivity index (χ3v) is 3.62. The summed E-state index contributed by atoms with van der Waals surface area (Å²) in [5.41, 5.74) is 0.680. The number of ether oxygens (including phenoxy) is 2. The Balaban J connectivity index is 1.98. The van der Waals surface area contributed by atoms with E-state index in [1.807, 2.05) is 0 Å². The van der Waals surface area contributed by atoms with Gasteiger partial charge in [-0.15, -0.1) is 0 Å². The summed E-state index contributed by atoms with van der Waals surface area (Å²) in [6.07, 6.45) is 0. The standard InChI is InChI=1S/C15H23N3O3/c1-11-9-16-4-5-18(11)10-15(19)17-12-6-13(20-2)8-14(7-12)21-3/h6-8,11,16H,4-5,9-10H2,1-3H3,(H,17,19)/t11-/m0/s1. The number of amides is 1. The summed E-state index contributed by atoms with van der Waals surface area (Å²) in [5.74, 6) is 1.28. The van der Waals surface area contributed by atoms with Crippen molar-refractivity contribution < 1.29 is 14.3 Å². The molecule has 0 saturated carbocycles. The van der Waals surface area contributed by atoms with Gasteiger partial charge in [0.1, 0.15) is 11.5 Å². The van der Waals surface area contributed by atoms with Crippen molar-refractivity contribution in [2.24, 2.45) is 0 Å². The maximum absolute atomic E-state index is 12.2. The molecule has 1 aromatic rings. The molecule has 2 N–H and O–H groups in total. The van der Waals surface area contributed by atoms with Gasteiger partial charge in [0.05, 0.1) is 20.8 Å². The smallest absolute Gasteiger partial charge is 0.238 e. The molecule has 6 heteroatoms. The highest BCUT2D eigenvalue weighted by Gasteiger charge is 2.20. The van der Waals surface area contributed by atoms with Gasteiger partial charge in [-0.1, -0.05) is 0 Å². The minimum Gasteiger partial charge on any atom is -0.497 e. The van der Waals surface area contributed by atoms with Crippen LogP contribution in [0, 0.1) is 0 Å². The number of anilines is 1. The van der Waals surface area contributed by atoms with Gasteiger partial charge in [0.2, 0.25) is 5.91 Å². The summed E-state index contributed by atoms with van der Waals surface area (Å²) in [5, 5.41) is 6.21. The van der Waals surface area contributed by atoms with Crippen molar-refractivity contribution in [3.63, 3.8) is 0 Å². The molecule has 0 unspecified atom stereocenters. The molecule has 1 saturated heterocycles. The summed E-state index contributed by atoms with van der Waals surface area (Å²) >= 11 is 0. The molecule has 6 nitrogen and oxygen atoms in total. The van der Waals surface area contributed by atoms with Crippen molar-refractivity contribution in [2.75, 3.05) is 45.7 Å². The van der Waals surface area contributed by atoms with Gasteiger partial charge >= 0.3 is 0 Å². The second kappa shape index (κ2) is 7.28. The number of hydrogen-bond acceptors (Lipinski definition) is 5. The maximum Gasteiger partial charge on any atom is 0.238 e. The number of methoxy groups -OCH3 is 2. The minimum absolute atomic E-state index is 0.0287. The highest BCUT2D eigenvalue weighted by molar-refractivity contribution is 5.92. The number of nitrogens with zero attached hydrogens (tertiary/aromatic N) is 1. The third kappa shape index (κ3) is 4.34. The number of piperazine rings is 1.